The van der Waals surface area contributed by atoms with Gasteiger partial charge in [0.15, 0.2) is 8.32 Å². The number of anilines is 1. The molecule has 1 saturated carbocycles. The van der Waals surface area contributed by atoms with Gasteiger partial charge in [-0.05, 0) is 78.7 Å². The van der Waals surface area contributed by atoms with E-state index in [-0.39, 0.29) is 22.8 Å². The Morgan fingerprint density at radius 3 is 2.12 bits per heavy atom. The molecule has 2 aromatic carbocycles. The number of rotatable bonds is 10. The maximum absolute atomic E-state index is 14.0. The van der Waals surface area contributed by atoms with Gasteiger partial charge in [-0.3, -0.25) is 9.69 Å². The van der Waals surface area contributed by atoms with Crippen LogP contribution in [0.15, 0.2) is 48.5 Å². The molecular weight excluding hydrogens is 559 g/mol. The first kappa shape index (κ1) is 34.8. The number of carbonyl (C=O) groups excluding carboxylic acids is 1. The van der Waals surface area contributed by atoms with Crippen LogP contribution in [0.1, 0.15) is 91.2 Å². The normalized spacial score (nSPS) is 19.6. The van der Waals surface area contributed by atoms with Crippen molar-refractivity contribution < 1.29 is 23.5 Å². The first-order chi connectivity index (χ1) is 19.9. The minimum Gasteiger partial charge on any atom is -0.481 e. The number of nitrogens with zero attached hydrogens (tertiary/aromatic N) is 2. The zero-order valence-corrected chi connectivity index (χ0v) is 28.8. The molecule has 1 aliphatic carbocycles. The highest BCUT2D eigenvalue weighted by Crippen LogP contribution is 2.57. The second-order valence-corrected chi connectivity index (χ2v) is 19.4. The Hall–Kier alpha value is -2.71. The third-order valence-electron chi connectivity index (χ3n) is 10.0. The average Bonchev–Trinajstić information content (AvgIpc) is 2.93. The molecule has 0 aromatic heterocycles. The number of carbonyl (C=O) groups is 2. The largest absolute Gasteiger partial charge is 0.481 e. The summed E-state index contributed by atoms with van der Waals surface area (Å²) in [6.45, 7) is 20.8. The molecule has 1 fully saturated rings. The van der Waals surface area contributed by atoms with E-state index in [4.69, 9.17) is 4.43 Å². The van der Waals surface area contributed by atoms with Gasteiger partial charge >= 0.3 is 12.0 Å². The van der Waals surface area contributed by atoms with Crippen molar-refractivity contribution in [1.82, 2.24) is 4.90 Å². The predicted octanol–water partition coefficient (Wildman–Crippen LogP) is 9.07. The number of hydrogen-bond donors (Lipinski definition) is 1. The first-order valence-electron chi connectivity index (χ1n) is 15.7. The molecule has 6 nitrogen and oxygen atoms in total. The summed E-state index contributed by atoms with van der Waals surface area (Å²) >= 11 is 0. The molecule has 0 unspecified atom stereocenters. The average molecular weight is 613 g/mol. The molecule has 0 spiro atoms. The highest BCUT2D eigenvalue weighted by molar-refractivity contribution is 6.74. The molecule has 2 aromatic rings. The number of likely N-dealkylation sites (N-methyl/N-ethyl adjacent to an activating group) is 1. The van der Waals surface area contributed by atoms with Gasteiger partial charge in [0.25, 0.3) is 0 Å². The van der Waals surface area contributed by atoms with Gasteiger partial charge in [0.05, 0.1) is 18.6 Å². The molecular formula is C35H53FN2O4Si. The number of amides is 2. The topological polar surface area (TPSA) is 70.1 Å². The van der Waals surface area contributed by atoms with Crippen LogP contribution in [0.3, 0.4) is 0 Å². The van der Waals surface area contributed by atoms with Crippen LogP contribution in [-0.4, -0.2) is 50.0 Å². The maximum atomic E-state index is 14.0. The van der Waals surface area contributed by atoms with Gasteiger partial charge in [0.2, 0.25) is 0 Å². The van der Waals surface area contributed by atoms with Crippen molar-refractivity contribution in [2.45, 2.75) is 105 Å². The van der Waals surface area contributed by atoms with Gasteiger partial charge < -0.3 is 14.4 Å². The summed E-state index contributed by atoms with van der Waals surface area (Å²) in [6.07, 6.45) is 3.43. The van der Waals surface area contributed by atoms with E-state index in [9.17, 15) is 19.1 Å². The van der Waals surface area contributed by atoms with E-state index in [2.05, 4.69) is 33.9 Å². The standard InChI is InChI=1S/C35H53FN2O4Si/c1-10-37(23-24-42-43(8,9)34(5,6)7)32(41)38(29-20-18-28(36)19-21-29)25-26-14-16-27(17-15-26)30-13-11-12-22-35(30,31(39)40)33(2,3)4/h14-21,30H,10-13,22-25H2,1-9H3,(H,39,40)/t30-,35+/m1/s1. The lowest BCUT2D eigenvalue weighted by Crippen LogP contribution is -2.49. The van der Waals surface area contributed by atoms with Crippen LogP contribution in [0.25, 0.3) is 0 Å². The third kappa shape index (κ3) is 7.69. The molecule has 0 heterocycles. The molecule has 43 heavy (non-hydrogen) atoms. The van der Waals surface area contributed by atoms with Gasteiger partial charge in [-0.1, -0.05) is 78.6 Å². The van der Waals surface area contributed by atoms with Gasteiger partial charge in [-0.2, -0.15) is 0 Å². The van der Waals surface area contributed by atoms with Crippen molar-refractivity contribution in [3.8, 4) is 0 Å². The molecule has 1 aliphatic rings. The van der Waals surface area contributed by atoms with Crippen molar-refractivity contribution in [2.75, 3.05) is 24.6 Å². The van der Waals surface area contributed by atoms with E-state index in [0.717, 1.165) is 30.4 Å². The molecule has 3 rings (SSSR count). The summed E-state index contributed by atoms with van der Waals surface area (Å²) < 4.78 is 20.2. The zero-order valence-electron chi connectivity index (χ0n) is 27.8. The van der Waals surface area contributed by atoms with Crippen LogP contribution in [0, 0.1) is 16.6 Å². The van der Waals surface area contributed by atoms with Gasteiger partial charge in [0.1, 0.15) is 5.82 Å². The minimum absolute atomic E-state index is 0.0784. The van der Waals surface area contributed by atoms with Crippen molar-refractivity contribution in [2.24, 2.45) is 10.8 Å². The second-order valence-electron chi connectivity index (χ2n) is 14.6. The van der Waals surface area contributed by atoms with Crippen molar-refractivity contribution in [3.63, 3.8) is 0 Å². The van der Waals surface area contributed by atoms with Gasteiger partial charge in [-0.25, -0.2) is 9.18 Å². The number of hydrogen-bond acceptors (Lipinski definition) is 3. The highest BCUT2D eigenvalue weighted by Gasteiger charge is 2.55. The quantitative estimate of drug-likeness (QED) is 0.272. The fourth-order valence-corrected chi connectivity index (χ4v) is 7.25. The Morgan fingerprint density at radius 2 is 1.60 bits per heavy atom. The lowest BCUT2D eigenvalue weighted by Gasteiger charge is -2.49. The fourth-order valence-electron chi connectivity index (χ4n) is 6.21. The summed E-state index contributed by atoms with van der Waals surface area (Å²) in [7, 11) is -1.96. The molecule has 8 heteroatoms. The van der Waals surface area contributed by atoms with Crippen molar-refractivity contribution in [1.29, 1.82) is 0 Å². The van der Waals surface area contributed by atoms with Crippen LogP contribution in [-0.2, 0) is 15.8 Å². The second kappa shape index (κ2) is 13.5. The monoisotopic (exact) mass is 612 g/mol. The highest BCUT2D eigenvalue weighted by atomic mass is 28.4. The third-order valence-corrected chi connectivity index (χ3v) is 14.5. The summed E-state index contributed by atoms with van der Waals surface area (Å²) in [5.41, 5.74) is 1.33. The Labute approximate surface area is 259 Å². The van der Waals surface area contributed by atoms with E-state index in [1.165, 1.54) is 12.1 Å². The van der Waals surface area contributed by atoms with Gasteiger partial charge in [0, 0.05) is 24.7 Å². The lowest BCUT2D eigenvalue weighted by molar-refractivity contribution is -0.162. The number of aliphatic carboxylic acids is 1. The fraction of sp³-hybridized carbons (Fsp3) is 0.600. The van der Waals surface area contributed by atoms with Crippen molar-refractivity contribution >= 4 is 26.0 Å². The molecule has 238 valence electrons. The van der Waals surface area contributed by atoms with Crippen LogP contribution >= 0.6 is 0 Å². The van der Waals surface area contributed by atoms with Crippen LogP contribution in [0.2, 0.25) is 18.1 Å². The van der Waals surface area contributed by atoms with Gasteiger partial charge in [-0.15, -0.1) is 0 Å². The summed E-state index contributed by atoms with van der Waals surface area (Å²) in [6, 6.07) is 13.9. The Kier molecular flexibility index (Phi) is 10.9. The molecule has 2 atom stereocenters. The molecule has 0 bridgehead atoms. The smallest absolute Gasteiger partial charge is 0.324 e. The van der Waals surface area contributed by atoms with Crippen LogP contribution < -0.4 is 4.90 Å². The van der Waals surface area contributed by atoms with E-state index in [1.807, 2.05) is 52.0 Å². The zero-order chi connectivity index (χ0) is 32.2. The Morgan fingerprint density at radius 1 is 1.00 bits per heavy atom. The number of carboxylic acid groups (broad SMARTS) is 1. The van der Waals surface area contributed by atoms with E-state index < -0.39 is 25.1 Å². The number of halogens is 1. The van der Waals surface area contributed by atoms with E-state index >= 15 is 0 Å². The SMILES string of the molecule is CCN(CCO[Si](C)(C)C(C)(C)C)C(=O)N(Cc1ccc([C@H]2CCCC[C@]2(C(=O)O)C(C)(C)C)cc1)c1ccc(F)cc1. The minimum atomic E-state index is -1.96. The van der Waals surface area contributed by atoms with Crippen LogP contribution in [0.4, 0.5) is 14.9 Å². The molecule has 1 N–H and O–H groups in total. The number of urea groups is 1. The van der Waals surface area contributed by atoms with Crippen LogP contribution in [0.5, 0.6) is 0 Å². The van der Waals surface area contributed by atoms with Crippen molar-refractivity contribution in [3.05, 3.63) is 65.5 Å². The summed E-state index contributed by atoms with van der Waals surface area (Å²) in [5, 5.41) is 10.6. The summed E-state index contributed by atoms with van der Waals surface area (Å²) in [5.74, 6) is -1.16. The molecule has 2 amide bonds. The lowest BCUT2D eigenvalue weighted by atomic mass is 9.53. The summed E-state index contributed by atoms with van der Waals surface area (Å²) in [4.78, 5) is 30.2. The maximum Gasteiger partial charge on any atom is 0.324 e. The van der Waals surface area contributed by atoms with E-state index in [1.54, 1.807) is 21.9 Å². The Bertz CT molecular complexity index is 1230. The molecule has 0 radical (unpaired) electrons. The number of benzene rings is 2. The van der Waals surface area contributed by atoms with E-state index in [0.29, 0.717) is 38.3 Å². The molecule has 0 saturated heterocycles. The first-order valence-corrected chi connectivity index (χ1v) is 18.6. The Balaban J connectivity index is 1.87. The predicted molar refractivity (Wildman–Crippen MR) is 176 cm³/mol. The molecule has 0 aliphatic heterocycles. The number of carboxylic acids is 1.